The highest BCUT2D eigenvalue weighted by atomic mass is 16.5. The second-order valence-electron chi connectivity index (χ2n) is 6.02. The van der Waals surface area contributed by atoms with Crippen molar-refractivity contribution in [2.75, 3.05) is 26.2 Å². The van der Waals surface area contributed by atoms with Gasteiger partial charge in [-0.1, -0.05) is 30.3 Å². The summed E-state index contributed by atoms with van der Waals surface area (Å²) < 4.78 is 5.97. The smallest absolute Gasteiger partial charge is 0.0717 e. The van der Waals surface area contributed by atoms with Crippen LogP contribution in [0.15, 0.2) is 30.3 Å². The van der Waals surface area contributed by atoms with Gasteiger partial charge in [-0.25, -0.2) is 0 Å². The number of ether oxygens (including phenoxy) is 1. The number of nitrogens with one attached hydrogen (secondary N) is 1. The van der Waals surface area contributed by atoms with E-state index in [4.69, 9.17) is 4.74 Å². The van der Waals surface area contributed by atoms with Crippen molar-refractivity contribution in [3.63, 3.8) is 0 Å². The second kappa shape index (κ2) is 7.21. The molecule has 0 bridgehead atoms. The first kappa shape index (κ1) is 14.1. The Hall–Kier alpha value is -0.900. The Kier molecular flexibility index (Phi) is 5.06. The van der Waals surface area contributed by atoms with E-state index in [-0.39, 0.29) is 0 Å². The summed E-state index contributed by atoms with van der Waals surface area (Å²) in [4.78, 5) is 2.71. The van der Waals surface area contributed by atoms with Gasteiger partial charge in [0, 0.05) is 12.1 Å². The standard InChI is InChI=1S/C17H26N2O/c1-2-5-15(6-3-1)13-20-14-17-7-4-12-19(17)16-8-10-18-11-9-16/h1-3,5-6,16-18H,4,7-14H2/t17-/m0/s1. The Morgan fingerprint density at radius 3 is 2.70 bits per heavy atom. The van der Waals surface area contributed by atoms with Crippen LogP contribution in [-0.4, -0.2) is 43.2 Å². The average molecular weight is 274 g/mol. The lowest BCUT2D eigenvalue weighted by Gasteiger charge is -2.35. The highest BCUT2D eigenvalue weighted by molar-refractivity contribution is 5.13. The topological polar surface area (TPSA) is 24.5 Å². The van der Waals surface area contributed by atoms with Crippen LogP contribution in [0.25, 0.3) is 0 Å². The van der Waals surface area contributed by atoms with E-state index in [1.807, 2.05) is 0 Å². The lowest BCUT2D eigenvalue weighted by molar-refractivity contribution is 0.0443. The van der Waals surface area contributed by atoms with Crippen molar-refractivity contribution in [3.8, 4) is 0 Å². The third-order valence-electron chi connectivity index (χ3n) is 4.62. The van der Waals surface area contributed by atoms with E-state index in [0.717, 1.165) is 19.3 Å². The molecule has 3 nitrogen and oxygen atoms in total. The summed E-state index contributed by atoms with van der Waals surface area (Å²) in [6, 6.07) is 11.9. The molecule has 2 fully saturated rings. The summed E-state index contributed by atoms with van der Waals surface area (Å²) in [5.74, 6) is 0. The molecule has 2 aliphatic rings. The van der Waals surface area contributed by atoms with Crippen molar-refractivity contribution in [1.82, 2.24) is 10.2 Å². The first-order valence-electron chi connectivity index (χ1n) is 8.01. The molecule has 3 heteroatoms. The van der Waals surface area contributed by atoms with Crippen molar-refractivity contribution < 1.29 is 4.74 Å². The maximum atomic E-state index is 5.97. The van der Waals surface area contributed by atoms with Gasteiger partial charge in [-0.2, -0.15) is 0 Å². The molecule has 2 saturated heterocycles. The third-order valence-corrected chi connectivity index (χ3v) is 4.62. The van der Waals surface area contributed by atoms with Crippen LogP contribution in [0.2, 0.25) is 0 Å². The Labute approximate surface area is 122 Å². The molecule has 1 aromatic rings. The first-order chi connectivity index (χ1) is 9.93. The monoisotopic (exact) mass is 274 g/mol. The van der Waals surface area contributed by atoms with Gasteiger partial charge in [0.1, 0.15) is 0 Å². The Bertz CT molecular complexity index is 389. The fourth-order valence-corrected chi connectivity index (χ4v) is 3.54. The van der Waals surface area contributed by atoms with Crippen LogP contribution in [-0.2, 0) is 11.3 Å². The van der Waals surface area contributed by atoms with E-state index in [0.29, 0.717) is 6.04 Å². The van der Waals surface area contributed by atoms with Crippen molar-refractivity contribution in [1.29, 1.82) is 0 Å². The van der Waals surface area contributed by atoms with Gasteiger partial charge in [0.15, 0.2) is 0 Å². The molecule has 2 heterocycles. The van der Waals surface area contributed by atoms with Crippen LogP contribution in [0, 0.1) is 0 Å². The van der Waals surface area contributed by atoms with Crippen molar-refractivity contribution in [2.45, 2.75) is 44.4 Å². The second-order valence-corrected chi connectivity index (χ2v) is 6.02. The van der Waals surface area contributed by atoms with Gasteiger partial charge >= 0.3 is 0 Å². The Balaban J connectivity index is 1.46. The van der Waals surface area contributed by atoms with E-state index in [2.05, 4.69) is 40.5 Å². The summed E-state index contributed by atoms with van der Waals surface area (Å²) in [6.45, 7) is 5.26. The number of likely N-dealkylation sites (tertiary alicyclic amines) is 1. The molecular weight excluding hydrogens is 248 g/mol. The summed E-state index contributed by atoms with van der Waals surface area (Å²) in [5, 5.41) is 3.46. The predicted molar refractivity (Wildman–Crippen MR) is 81.7 cm³/mol. The zero-order chi connectivity index (χ0) is 13.6. The molecule has 0 aliphatic carbocycles. The Morgan fingerprint density at radius 2 is 1.90 bits per heavy atom. The van der Waals surface area contributed by atoms with Gasteiger partial charge in [-0.05, 0) is 50.9 Å². The summed E-state index contributed by atoms with van der Waals surface area (Å²) in [5.41, 5.74) is 1.28. The molecule has 1 aromatic carbocycles. The minimum absolute atomic E-state index is 0.641. The summed E-state index contributed by atoms with van der Waals surface area (Å²) in [7, 11) is 0. The molecule has 0 aromatic heterocycles. The normalized spacial score (nSPS) is 25.1. The van der Waals surface area contributed by atoms with Crippen LogP contribution >= 0.6 is 0 Å². The van der Waals surface area contributed by atoms with Gasteiger partial charge in [-0.3, -0.25) is 4.90 Å². The quantitative estimate of drug-likeness (QED) is 0.892. The summed E-state index contributed by atoms with van der Waals surface area (Å²) in [6.07, 6.45) is 5.24. The highest BCUT2D eigenvalue weighted by Gasteiger charge is 2.31. The van der Waals surface area contributed by atoms with Gasteiger partial charge in [0.25, 0.3) is 0 Å². The van der Waals surface area contributed by atoms with Gasteiger partial charge in [0.05, 0.1) is 13.2 Å². The maximum Gasteiger partial charge on any atom is 0.0717 e. The SMILES string of the molecule is c1ccc(COC[C@@H]2CCCN2C2CCNCC2)cc1. The fourth-order valence-electron chi connectivity index (χ4n) is 3.54. The summed E-state index contributed by atoms with van der Waals surface area (Å²) >= 11 is 0. The molecule has 0 radical (unpaired) electrons. The van der Waals surface area contributed by atoms with Gasteiger partial charge in [0.2, 0.25) is 0 Å². The molecule has 3 rings (SSSR count). The lowest BCUT2D eigenvalue weighted by atomic mass is 10.0. The van der Waals surface area contributed by atoms with Crippen LogP contribution < -0.4 is 5.32 Å². The molecular formula is C17H26N2O. The molecule has 20 heavy (non-hydrogen) atoms. The first-order valence-corrected chi connectivity index (χ1v) is 8.01. The van der Waals surface area contributed by atoms with E-state index < -0.39 is 0 Å². The van der Waals surface area contributed by atoms with Crippen molar-refractivity contribution >= 4 is 0 Å². The zero-order valence-corrected chi connectivity index (χ0v) is 12.3. The number of benzene rings is 1. The molecule has 0 saturated carbocycles. The highest BCUT2D eigenvalue weighted by Crippen LogP contribution is 2.24. The van der Waals surface area contributed by atoms with E-state index in [1.165, 1.54) is 50.9 Å². The molecule has 0 spiro atoms. The minimum Gasteiger partial charge on any atom is -0.375 e. The predicted octanol–water partition coefficient (Wildman–Crippen LogP) is 2.42. The molecule has 2 aliphatic heterocycles. The molecule has 0 unspecified atom stereocenters. The number of piperidine rings is 1. The van der Waals surface area contributed by atoms with Crippen LogP contribution in [0.5, 0.6) is 0 Å². The van der Waals surface area contributed by atoms with E-state index in [9.17, 15) is 0 Å². The van der Waals surface area contributed by atoms with Gasteiger partial charge < -0.3 is 10.1 Å². The maximum absolute atomic E-state index is 5.97. The fraction of sp³-hybridized carbons (Fsp3) is 0.647. The van der Waals surface area contributed by atoms with Crippen molar-refractivity contribution in [2.24, 2.45) is 0 Å². The largest absolute Gasteiger partial charge is 0.375 e. The van der Waals surface area contributed by atoms with Crippen molar-refractivity contribution in [3.05, 3.63) is 35.9 Å². The number of hydrogen-bond acceptors (Lipinski definition) is 3. The number of rotatable bonds is 5. The lowest BCUT2D eigenvalue weighted by Crippen LogP contribution is -2.46. The number of nitrogens with zero attached hydrogens (tertiary/aromatic N) is 1. The average Bonchev–Trinajstić information content (AvgIpc) is 2.98. The van der Waals surface area contributed by atoms with Crippen LogP contribution in [0.4, 0.5) is 0 Å². The molecule has 1 atom stereocenters. The molecule has 1 N–H and O–H groups in total. The van der Waals surface area contributed by atoms with E-state index >= 15 is 0 Å². The third kappa shape index (κ3) is 3.60. The van der Waals surface area contributed by atoms with E-state index in [1.54, 1.807) is 0 Å². The minimum atomic E-state index is 0.641. The number of hydrogen-bond donors (Lipinski definition) is 1. The van der Waals surface area contributed by atoms with Crippen LogP contribution in [0.1, 0.15) is 31.2 Å². The van der Waals surface area contributed by atoms with Crippen LogP contribution in [0.3, 0.4) is 0 Å². The molecule has 110 valence electrons. The van der Waals surface area contributed by atoms with Gasteiger partial charge in [-0.15, -0.1) is 0 Å². The Morgan fingerprint density at radius 1 is 1.10 bits per heavy atom. The molecule has 0 amide bonds. The zero-order valence-electron chi connectivity index (χ0n) is 12.3.